The van der Waals surface area contributed by atoms with Crippen molar-refractivity contribution < 1.29 is 22.8 Å². The summed E-state index contributed by atoms with van der Waals surface area (Å²) < 4.78 is 26.8. The van der Waals surface area contributed by atoms with Crippen LogP contribution in [0.3, 0.4) is 0 Å². The molecule has 0 bridgehead atoms. The van der Waals surface area contributed by atoms with Crippen LogP contribution in [0.2, 0.25) is 0 Å². The van der Waals surface area contributed by atoms with Crippen molar-refractivity contribution in [2.45, 2.75) is 50.1 Å². The number of anilines is 1. The van der Waals surface area contributed by atoms with E-state index < -0.39 is 22.0 Å². The van der Waals surface area contributed by atoms with Crippen molar-refractivity contribution >= 4 is 33.4 Å². The van der Waals surface area contributed by atoms with Gasteiger partial charge in [0.15, 0.2) is 0 Å². The first kappa shape index (κ1) is 24.2. The summed E-state index contributed by atoms with van der Waals surface area (Å²) in [5.41, 5.74) is 9.00. The van der Waals surface area contributed by atoms with Crippen LogP contribution in [-0.2, 0) is 43.8 Å². The second-order valence-electron chi connectivity index (χ2n) is 7.91. The lowest BCUT2D eigenvalue weighted by Gasteiger charge is -2.36. The van der Waals surface area contributed by atoms with Gasteiger partial charge in [0.1, 0.15) is 6.04 Å². The molecule has 0 aromatic heterocycles. The number of fused-ring (bicyclic) bond motifs is 1. The van der Waals surface area contributed by atoms with Crippen molar-refractivity contribution in [2.24, 2.45) is 0 Å². The number of nitrogens with zero attached hydrogens (tertiary/aromatic N) is 1. The van der Waals surface area contributed by atoms with E-state index in [4.69, 9.17) is 5.73 Å². The summed E-state index contributed by atoms with van der Waals surface area (Å²) in [4.78, 5) is 38.6. The number of amides is 3. The number of nitrogen functional groups attached to an aromatic ring is 1. The maximum absolute atomic E-state index is 13.1. The number of sulfonamides is 1. The molecule has 0 aliphatic carbocycles. The third-order valence-electron chi connectivity index (χ3n) is 5.64. The topological polar surface area (TPSA) is 139 Å². The normalized spacial score (nSPS) is 15.5. The smallest absolute Gasteiger partial charge is 0.264 e. The first-order valence-electron chi connectivity index (χ1n) is 10.7. The number of rotatable bonds is 7. The SMILES string of the molecule is CCC(=O)NS(=O)(=O)c1cccc(CCC(=O)N2Cc3cc(N)ccc3C[C@H]2C(=O)NC)c1. The van der Waals surface area contributed by atoms with Crippen LogP contribution < -0.4 is 15.8 Å². The Morgan fingerprint density at radius 1 is 1.12 bits per heavy atom. The number of hydrogen-bond donors (Lipinski definition) is 3. The lowest BCUT2D eigenvalue weighted by molar-refractivity contribution is -0.141. The summed E-state index contributed by atoms with van der Waals surface area (Å²) in [5.74, 6) is -1.06. The molecule has 3 amide bonds. The van der Waals surface area contributed by atoms with Crippen LogP contribution >= 0.6 is 0 Å². The van der Waals surface area contributed by atoms with Gasteiger partial charge in [-0.1, -0.05) is 25.1 Å². The zero-order chi connectivity index (χ0) is 24.2. The number of hydrogen-bond acceptors (Lipinski definition) is 6. The van der Waals surface area contributed by atoms with Crippen molar-refractivity contribution in [3.8, 4) is 0 Å². The number of carbonyl (C=O) groups is 3. The van der Waals surface area contributed by atoms with Gasteiger partial charge in [-0.25, -0.2) is 13.1 Å². The van der Waals surface area contributed by atoms with Crippen LogP contribution in [0.4, 0.5) is 5.69 Å². The molecule has 0 fully saturated rings. The monoisotopic (exact) mass is 472 g/mol. The minimum absolute atomic E-state index is 0.0418. The number of likely N-dealkylation sites (N-methyl/N-ethyl adjacent to an activating group) is 1. The summed E-state index contributed by atoms with van der Waals surface area (Å²) in [6, 6.07) is 11.0. The number of aryl methyl sites for hydroxylation is 1. The number of benzene rings is 2. The Morgan fingerprint density at radius 2 is 1.88 bits per heavy atom. The van der Waals surface area contributed by atoms with E-state index in [1.807, 2.05) is 16.9 Å². The molecule has 2 aromatic rings. The summed E-state index contributed by atoms with van der Waals surface area (Å²) in [6.07, 6.45) is 0.817. The Hall–Kier alpha value is -3.40. The van der Waals surface area contributed by atoms with Gasteiger partial charge < -0.3 is 16.0 Å². The van der Waals surface area contributed by atoms with Crippen molar-refractivity contribution in [2.75, 3.05) is 12.8 Å². The Labute approximate surface area is 193 Å². The van der Waals surface area contributed by atoms with Gasteiger partial charge in [0.05, 0.1) is 4.90 Å². The summed E-state index contributed by atoms with van der Waals surface area (Å²) in [6.45, 7) is 1.83. The van der Waals surface area contributed by atoms with Gasteiger partial charge in [-0.2, -0.15) is 0 Å². The van der Waals surface area contributed by atoms with Crippen molar-refractivity contribution in [3.05, 3.63) is 59.2 Å². The van der Waals surface area contributed by atoms with E-state index in [0.717, 1.165) is 11.1 Å². The molecule has 0 spiro atoms. The molecule has 0 unspecified atom stereocenters. The van der Waals surface area contributed by atoms with Crippen LogP contribution in [0, 0.1) is 0 Å². The highest BCUT2D eigenvalue weighted by molar-refractivity contribution is 7.90. The predicted molar refractivity (Wildman–Crippen MR) is 123 cm³/mol. The fourth-order valence-electron chi connectivity index (χ4n) is 3.81. The molecule has 2 aromatic carbocycles. The Kier molecular flexibility index (Phi) is 7.37. The molecular weight excluding hydrogens is 444 g/mol. The quantitative estimate of drug-likeness (QED) is 0.516. The van der Waals surface area contributed by atoms with E-state index in [9.17, 15) is 22.8 Å². The van der Waals surface area contributed by atoms with Gasteiger partial charge in [0, 0.05) is 38.5 Å². The standard InChI is InChI=1S/C23H28N4O5S/c1-3-21(28)26-33(31,32)19-6-4-5-15(11-19)7-10-22(29)27-14-17-12-18(24)9-8-16(17)13-20(27)23(30)25-2/h4-6,8-9,11-12,20H,3,7,10,13-14,24H2,1-2H3,(H,25,30)(H,26,28)/t20-/m0/s1. The second-order valence-corrected chi connectivity index (χ2v) is 9.60. The van der Waals surface area contributed by atoms with E-state index in [2.05, 4.69) is 5.32 Å². The van der Waals surface area contributed by atoms with Gasteiger partial charge in [-0.15, -0.1) is 0 Å². The predicted octanol–water partition coefficient (Wildman–Crippen LogP) is 1.12. The van der Waals surface area contributed by atoms with Gasteiger partial charge in [0.25, 0.3) is 10.0 Å². The van der Waals surface area contributed by atoms with E-state index in [-0.39, 0.29) is 42.5 Å². The molecular formula is C23H28N4O5S. The molecule has 1 aliphatic rings. The maximum Gasteiger partial charge on any atom is 0.264 e. The molecule has 1 heterocycles. The molecule has 4 N–H and O–H groups in total. The molecule has 0 saturated heterocycles. The highest BCUT2D eigenvalue weighted by atomic mass is 32.2. The molecule has 0 saturated carbocycles. The van der Waals surface area contributed by atoms with Gasteiger partial charge in [-0.05, 0) is 47.4 Å². The fraction of sp³-hybridized carbons (Fsp3) is 0.348. The van der Waals surface area contributed by atoms with Crippen molar-refractivity contribution in [1.29, 1.82) is 0 Å². The third kappa shape index (κ3) is 5.70. The molecule has 9 nitrogen and oxygen atoms in total. The fourth-order valence-corrected chi connectivity index (χ4v) is 4.94. The Bertz CT molecular complexity index is 1180. The maximum atomic E-state index is 13.1. The Morgan fingerprint density at radius 3 is 2.58 bits per heavy atom. The highest BCUT2D eigenvalue weighted by Crippen LogP contribution is 2.26. The van der Waals surface area contributed by atoms with Crippen LogP contribution in [0.25, 0.3) is 0 Å². The second kappa shape index (κ2) is 10.0. The van der Waals surface area contributed by atoms with Crippen LogP contribution in [-0.4, -0.2) is 44.1 Å². The van der Waals surface area contributed by atoms with E-state index >= 15 is 0 Å². The molecule has 33 heavy (non-hydrogen) atoms. The van der Waals surface area contributed by atoms with Gasteiger partial charge in [-0.3, -0.25) is 14.4 Å². The lowest BCUT2D eigenvalue weighted by atomic mass is 9.92. The average molecular weight is 473 g/mol. The van der Waals surface area contributed by atoms with E-state index in [1.165, 1.54) is 19.2 Å². The van der Waals surface area contributed by atoms with Crippen LogP contribution in [0.1, 0.15) is 36.5 Å². The summed E-state index contributed by atoms with van der Waals surface area (Å²) in [7, 11) is -2.44. The largest absolute Gasteiger partial charge is 0.399 e. The van der Waals surface area contributed by atoms with E-state index in [0.29, 0.717) is 17.7 Å². The molecule has 10 heteroatoms. The van der Waals surface area contributed by atoms with Crippen molar-refractivity contribution in [3.63, 3.8) is 0 Å². The molecule has 176 valence electrons. The van der Waals surface area contributed by atoms with Crippen LogP contribution in [0.15, 0.2) is 47.4 Å². The van der Waals surface area contributed by atoms with Crippen LogP contribution in [0.5, 0.6) is 0 Å². The first-order valence-corrected chi connectivity index (χ1v) is 12.2. The number of nitrogens with two attached hydrogens (primary N) is 1. The summed E-state index contributed by atoms with van der Waals surface area (Å²) in [5, 5.41) is 2.62. The summed E-state index contributed by atoms with van der Waals surface area (Å²) >= 11 is 0. The minimum Gasteiger partial charge on any atom is -0.399 e. The zero-order valence-electron chi connectivity index (χ0n) is 18.6. The molecule has 3 rings (SSSR count). The molecule has 0 radical (unpaired) electrons. The average Bonchev–Trinajstić information content (AvgIpc) is 2.80. The Balaban J connectivity index is 1.75. The lowest BCUT2D eigenvalue weighted by Crippen LogP contribution is -2.52. The van der Waals surface area contributed by atoms with Gasteiger partial charge >= 0.3 is 0 Å². The number of carbonyl (C=O) groups excluding carboxylic acids is 3. The van der Waals surface area contributed by atoms with E-state index in [1.54, 1.807) is 30.0 Å². The highest BCUT2D eigenvalue weighted by Gasteiger charge is 2.34. The van der Waals surface area contributed by atoms with Crippen molar-refractivity contribution in [1.82, 2.24) is 14.9 Å². The minimum atomic E-state index is -3.97. The zero-order valence-corrected chi connectivity index (χ0v) is 19.4. The molecule has 1 atom stereocenters. The number of nitrogens with one attached hydrogen (secondary N) is 2. The first-order chi connectivity index (χ1) is 15.6. The molecule has 1 aliphatic heterocycles. The third-order valence-corrected chi connectivity index (χ3v) is 7.01. The van der Waals surface area contributed by atoms with Gasteiger partial charge in [0.2, 0.25) is 17.7 Å².